The molecule has 1 N–H and O–H groups in total. The van der Waals surface area contributed by atoms with Gasteiger partial charge in [0.15, 0.2) is 0 Å². The second-order valence-corrected chi connectivity index (χ2v) is 6.29. The molecule has 2 aliphatic rings. The van der Waals surface area contributed by atoms with Crippen LogP contribution < -0.4 is 5.32 Å². The van der Waals surface area contributed by atoms with Crippen molar-refractivity contribution < 1.29 is 9.18 Å². The van der Waals surface area contributed by atoms with E-state index in [9.17, 15) is 9.18 Å². The Morgan fingerprint density at radius 3 is 3.00 bits per heavy atom. The van der Waals surface area contributed by atoms with Crippen molar-refractivity contribution >= 4 is 17.5 Å². The lowest BCUT2D eigenvalue weighted by atomic mass is 9.79. The summed E-state index contributed by atoms with van der Waals surface area (Å²) in [6.07, 6.45) is 3.26. The molecule has 2 aliphatic heterocycles. The van der Waals surface area contributed by atoms with E-state index in [1.807, 2.05) is 4.90 Å². The minimum absolute atomic E-state index is 0.152. The van der Waals surface area contributed by atoms with Gasteiger partial charge in [0.2, 0.25) is 0 Å². The van der Waals surface area contributed by atoms with E-state index in [2.05, 4.69) is 5.32 Å². The Kier molecular flexibility index (Phi) is 3.69. The molecular formula is C15H18ClFN2O. The number of hydrogen-bond donors (Lipinski definition) is 1. The van der Waals surface area contributed by atoms with Crippen molar-refractivity contribution in [3.8, 4) is 0 Å². The highest BCUT2D eigenvalue weighted by molar-refractivity contribution is 6.33. The maximum atomic E-state index is 13.3. The van der Waals surface area contributed by atoms with Crippen LogP contribution in [0.2, 0.25) is 5.02 Å². The van der Waals surface area contributed by atoms with Crippen LogP contribution in [-0.2, 0) is 0 Å². The van der Waals surface area contributed by atoms with Crippen LogP contribution in [0, 0.1) is 11.2 Å². The summed E-state index contributed by atoms with van der Waals surface area (Å²) < 4.78 is 13.3. The van der Waals surface area contributed by atoms with Crippen molar-refractivity contribution in [2.45, 2.75) is 19.3 Å². The van der Waals surface area contributed by atoms with Gasteiger partial charge in [0.25, 0.3) is 5.91 Å². The van der Waals surface area contributed by atoms with Gasteiger partial charge in [0.05, 0.1) is 10.6 Å². The van der Waals surface area contributed by atoms with E-state index in [-0.39, 0.29) is 16.9 Å². The molecule has 1 aromatic rings. The van der Waals surface area contributed by atoms with Gasteiger partial charge in [-0.15, -0.1) is 0 Å². The van der Waals surface area contributed by atoms with E-state index in [0.29, 0.717) is 5.02 Å². The highest BCUT2D eigenvalue weighted by Gasteiger charge is 2.39. The third-order valence-corrected chi connectivity index (χ3v) is 4.77. The van der Waals surface area contributed by atoms with Crippen LogP contribution in [0.25, 0.3) is 0 Å². The van der Waals surface area contributed by atoms with Crippen LogP contribution >= 0.6 is 11.6 Å². The topological polar surface area (TPSA) is 32.3 Å². The predicted molar refractivity (Wildman–Crippen MR) is 76.5 cm³/mol. The van der Waals surface area contributed by atoms with Gasteiger partial charge in [0, 0.05) is 25.0 Å². The first-order valence-electron chi connectivity index (χ1n) is 7.05. The minimum atomic E-state index is -0.424. The van der Waals surface area contributed by atoms with Crippen LogP contribution in [0.15, 0.2) is 18.2 Å². The summed E-state index contributed by atoms with van der Waals surface area (Å²) in [6, 6.07) is 3.96. The first kappa shape index (κ1) is 13.8. The fourth-order valence-corrected chi connectivity index (χ4v) is 3.56. The van der Waals surface area contributed by atoms with Gasteiger partial charge >= 0.3 is 0 Å². The van der Waals surface area contributed by atoms with E-state index < -0.39 is 5.82 Å². The smallest absolute Gasteiger partial charge is 0.255 e. The zero-order valence-corrected chi connectivity index (χ0v) is 12.0. The number of rotatable bonds is 1. The Hall–Kier alpha value is -1.13. The summed E-state index contributed by atoms with van der Waals surface area (Å²) in [5, 5.41) is 3.70. The molecular weight excluding hydrogens is 279 g/mol. The maximum absolute atomic E-state index is 13.3. The molecule has 1 spiro atoms. The molecule has 2 saturated heterocycles. The number of benzene rings is 1. The lowest BCUT2D eigenvalue weighted by Gasteiger charge is -2.40. The quantitative estimate of drug-likeness (QED) is 0.864. The van der Waals surface area contributed by atoms with Gasteiger partial charge in [-0.25, -0.2) is 4.39 Å². The van der Waals surface area contributed by atoms with Crippen LogP contribution in [-0.4, -0.2) is 37.0 Å². The molecule has 0 aliphatic carbocycles. The van der Waals surface area contributed by atoms with Crippen molar-refractivity contribution in [1.82, 2.24) is 10.2 Å². The molecule has 0 radical (unpaired) electrons. The summed E-state index contributed by atoms with van der Waals surface area (Å²) in [4.78, 5) is 14.4. The fourth-order valence-electron chi connectivity index (χ4n) is 3.36. The Bertz CT molecular complexity index is 529. The van der Waals surface area contributed by atoms with Crippen molar-refractivity contribution in [1.29, 1.82) is 0 Å². The van der Waals surface area contributed by atoms with E-state index >= 15 is 0 Å². The second kappa shape index (κ2) is 5.34. The van der Waals surface area contributed by atoms with Crippen molar-refractivity contribution in [3.63, 3.8) is 0 Å². The molecule has 3 rings (SSSR count). The summed E-state index contributed by atoms with van der Waals surface area (Å²) in [7, 11) is 0. The standard InChI is InChI=1S/C15H18ClFN2O/c16-13-3-2-11(17)8-12(13)14(20)19-7-1-4-15(10-19)5-6-18-9-15/h2-3,8,18H,1,4-7,9-10H2/t15-/m1/s1. The van der Waals surface area contributed by atoms with Gasteiger partial charge in [-0.05, 0) is 44.0 Å². The first-order valence-corrected chi connectivity index (χ1v) is 7.43. The number of amides is 1. The average molecular weight is 297 g/mol. The number of likely N-dealkylation sites (tertiary alicyclic amines) is 1. The summed E-state index contributed by atoms with van der Waals surface area (Å²) in [5.41, 5.74) is 0.475. The molecule has 1 atom stereocenters. The van der Waals surface area contributed by atoms with E-state index in [4.69, 9.17) is 11.6 Å². The van der Waals surface area contributed by atoms with E-state index in [0.717, 1.165) is 45.4 Å². The number of piperidine rings is 1. The second-order valence-electron chi connectivity index (χ2n) is 5.88. The number of nitrogens with one attached hydrogen (secondary N) is 1. The summed E-state index contributed by atoms with van der Waals surface area (Å²) in [6.45, 7) is 3.45. The Balaban J connectivity index is 1.81. The van der Waals surface area contributed by atoms with Crippen LogP contribution in [0.5, 0.6) is 0 Å². The number of halogens is 2. The summed E-state index contributed by atoms with van der Waals surface area (Å²) in [5.74, 6) is -0.576. The molecule has 2 fully saturated rings. The number of hydrogen-bond acceptors (Lipinski definition) is 2. The SMILES string of the molecule is O=C(c1cc(F)ccc1Cl)N1CCC[C@]2(CCNC2)C1. The fraction of sp³-hybridized carbons (Fsp3) is 0.533. The Morgan fingerprint density at radius 1 is 1.40 bits per heavy atom. The van der Waals surface area contributed by atoms with Crippen molar-refractivity contribution in [2.75, 3.05) is 26.2 Å². The largest absolute Gasteiger partial charge is 0.338 e. The molecule has 20 heavy (non-hydrogen) atoms. The van der Waals surface area contributed by atoms with Crippen LogP contribution in [0.3, 0.4) is 0 Å². The highest BCUT2D eigenvalue weighted by Crippen LogP contribution is 2.36. The Labute approximate surface area is 123 Å². The third-order valence-electron chi connectivity index (χ3n) is 4.44. The molecule has 0 aromatic heterocycles. The zero-order chi connectivity index (χ0) is 14.2. The van der Waals surface area contributed by atoms with Gasteiger partial charge in [-0.2, -0.15) is 0 Å². The van der Waals surface area contributed by atoms with Gasteiger partial charge < -0.3 is 10.2 Å². The van der Waals surface area contributed by atoms with Crippen LogP contribution in [0.4, 0.5) is 4.39 Å². The van der Waals surface area contributed by atoms with Gasteiger partial charge in [0.1, 0.15) is 5.82 Å². The molecule has 1 amide bonds. The number of nitrogens with zero attached hydrogens (tertiary/aromatic N) is 1. The number of carbonyl (C=O) groups excluding carboxylic acids is 1. The molecule has 1 aromatic carbocycles. The molecule has 0 unspecified atom stereocenters. The lowest BCUT2D eigenvalue weighted by Crippen LogP contribution is -2.47. The third kappa shape index (κ3) is 2.54. The normalized spacial score (nSPS) is 26.2. The van der Waals surface area contributed by atoms with Crippen molar-refractivity contribution in [2.24, 2.45) is 5.41 Å². The zero-order valence-electron chi connectivity index (χ0n) is 11.3. The van der Waals surface area contributed by atoms with Crippen molar-refractivity contribution in [3.05, 3.63) is 34.6 Å². The molecule has 5 heteroatoms. The summed E-state index contributed by atoms with van der Waals surface area (Å²) >= 11 is 6.03. The van der Waals surface area contributed by atoms with E-state index in [1.54, 1.807) is 0 Å². The van der Waals surface area contributed by atoms with Gasteiger partial charge in [-0.1, -0.05) is 11.6 Å². The Morgan fingerprint density at radius 2 is 2.25 bits per heavy atom. The average Bonchev–Trinajstić information content (AvgIpc) is 2.88. The van der Waals surface area contributed by atoms with Crippen LogP contribution in [0.1, 0.15) is 29.6 Å². The molecule has 0 saturated carbocycles. The minimum Gasteiger partial charge on any atom is -0.338 e. The van der Waals surface area contributed by atoms with Gasteiger partial charge in [-0.3, -0.25) is 4.79 Å². The highest BCUT2D eigenvalue weighted by atomic mass is 35.5. The first-order chi connectivity index (χ1) is 9.60. The monoisotopic (exact) mass is 296 g/mol. The molecule has 2 heterocycles. The molecule has 0 bridgehead atoms. The molecule has 108 valence electrons. The molecule has 3 nitrogen and oxygen atoms in total. The number of carbonyl (C=O) groups is 1. The van der Waals surface area contributed by atoms with E-state index in [1.165, 1.54) is 18.2 Å². The lowest BCUT2D eigenvalue weighted by molar-refractivity contribution is 0.0553. The predicted octanol–water partition coefficient (Wildman–Crippen LogP) is 2.69. The maximum Gasteiger partial charge on any atom is 0.255 e.